The summed E-state index contributed by atoms with van der Waals surface area (Å²) in [4.78, 5) is 15.2. The van der Waals surface area contributed by atoms with Crippen molar-refractivity contribution in [1.82, 2.24) is 10.2 Å². The number of likely N-dealkylation sites (tertiary alicyclic amines) is 1. The quantitative estimate of drug-likeness (QED) is 0.695. The fraction of sp³-hybridized carbons (Fsp3) is 0.654. The topological polar surface area (TPSA) is 41.6 Å². The Morgan fingerprint density at radius 3 is 2.67 bits per heavy atom. The Morgan fingerprint density at radius 2 is 1.93 bits per heavy atom. The van der Waals surface area contributed by atoms with E-state index in [4.69, 9.17) is 4.74 Å². The molecule has 3 fully saturated rings. The van der Waals surface area contributed by atoms with Gasteiger partial charge in [0.05, 0.1) is 11.7 Å². The van der Waals surface area contributed by atoms with Gasteiger partial charge in [-0.25, -0.2) is 0 Å². The zero-order valence-corrected chi connectivity index (χ0v) is 18.1. The molecular formula is C26H36N2O2. The van der Waals surface area contributed by atoms with Crippen molar-refractivity contribution < 1.29 is 9.53 Å². The number of carbonyl (C=O) groups excluding carboxylic acids is 1. The average molecular weight is 409 g/mol. The highest BCUT2D eigenvalue weighted by Gasteiger charge is 2.43. The number of piperidine rings is 1. The molecule has 30 heavy (non-hydrogen) atoms. The minimum atomic E-state index is 0.0699. The molecule has 2 aliphatic carbocycles. The molecule has 2 saturated heterocycles. The number of hydrogen-bond acceptors (Lipinski definition) is 3. The molecular weight excluding hydrogens is 372 g/mol. The van der Waals surface area contributed by atoms with Crippen molar-refractivity contribution in [1.29, 1.82) is 0 Å². The van der Waals surface area contributed by atoms with Crippen LogP contribution in [0.1, 0.15) is 50.5 Å². The normalized spacial score (nSPS) is 32.1. The molecule has 4 heteroatoms. The second kappa shape index (κ2) is 8.84. The van der Waals surface area contributed by atoms with Gasteiger partial charge in [0.1, 0.15) is 0 Å². The van der Waals surface area contributed by atoms with Crippen molar-refractivity contribution in [3.63, 3.8) is 0 Å². The van der Waals surface area contributed by atoms with E-state index in [1.807, 2.05) is 0 Å². The number of allylic oxidation sites excluding steroid dienone is 2. The number of amides is 1. The summed E-state index contributed by atoms with van der Waals surface area (Å²) in [7, 11) is 0. The highest BCUT2D eigenvalue weighted by atomic mass is 16.5. The highest BCUT2D eigenvalue weighted by Crippen LogP contribution is 2.43. The molecule has 0 radical (unpaired) electrons. The van der Waals surface area contributed by atoms with Gasteiger partial charge in [0.2, 0.25) is 5.91 Å². The van der Waals surface area contributed by atoms with Crippen LogP contribution < -0.4 is 5.32 Å². The van der Waals surface area contributed by atoms with Gasteiger partial charge < -0.3 is 15.0 Å². The molecule has 0 aromatic heterocycles. The maximum Gasteiger partial charge on any atom is 0.223 e. The van der Waals surface area contributed by atoms with E-state index in [1.54, 1.807) is 0 Å². The number of rotatable bonds is 7. The second-order valence-electron chi connectivity index (χ2n) is 10.0. The standard InChI is InChI=1S/C26H36N2O2/c29-25(24-18-21-8-9-22(24)17-21)27-19-23-10-11-26(30-23)12-15-28(16-13-26)14-4-7-20-5-2-1-3-6-20/h1-3,5-6,8-9,21-24H,4,7,10-19H2,(H,27,29)/t21-,22+,23?,24-/m1/s1. The first-order valence-corrected chi connectivity index (χ1v) is 12.1. The summed E-state index contributed by atoms with van der Waals surface area (Å²) in [6.45, 7) is 4.16. The summed E-state index contributed by atoms with van der Waals surface area (Å²) in [5.41, 5.74) is 1.51. The first kappa shape index (κ1) is 20.3. The van der Waals surface area contributed by atoms with Crippen LogP contribution in [0.25, 0.3) is 0 Å². The maximum atomic E-state index is 12.6. The number of carbonyl (C=O) groups is 1. The number of benzene rings is 1. The van der Waals surface area contributed by atoms with Gasteiger partial charge in [-0.3, -0.25) is 4.79 Å². The molecule has 1 N–H and O–H groups in total. The largest absolute Gasteiger partial charge is 0.370 e. The Kier molecular flexibility index (Phi) is 5.97. The SMILES string of the molecule is O=C(NCC1CCC2(CCN(CCCc3ccccc3)CC2)O1)[C@@H]1C[C@@H]2C=C[C@H]1C2. The highest BCUT2D eigenvalue weighted by molar-refractivity contribution is 5.80. The second-order valence-corrected chi connectivity index (χ2v) is 10.0. The lowest BCUT2D eigenvalue weighted by Gasteiger charge is -2.39. The molecule has 1 aromatic rings. The summed E-state index contributed by atoms with van der Waals surface area (Å²) >= 11 is 0. The molecule has 5 rings (SSSR count). The molecule has 2 aliphatic heterocycles. The fourth-order valence-corrected chi connectivity index (χ4v) is 6.17. The van der Waals surface area contributed by atoms with E-state index in [-0.39, 0.29) is 23.5 Å². The van der Waals surface area contributed by atoms with Crippen molar-refractivity contribution in [2.75, 3.05) is 26.2 Å². The monoisotopic (exact) mass is 408 g/mol. The van der Waals surface area contributed by atoms with Crippen molar-refractivity contribution in [2.45, 2.75) is 63.1 Å². The first-order valence-electron chi connectivity index (χ1n) is 12.1. The lowest BCUT2D eigenvalue weighted by Crippen LogP contribution is -2.45. The van der Waals surface area contributed by atoms with E-state index < -0.39 is 0 Å². The van der Waals surface area contributed by atoms with Crippen LogP contribution in [0.4, 0.5) is 0 Å². The fourth-order valence-electron chi connectivity index (χ4n) is 6.17. The summed E-state index contributed by atoms with van der Waals surface area (Å²) in [6, 6.07) is 10.8. The van der Waals surface area contributed by atoms with Crippen LogP contribution in [0, 0.1) is 17.8 Å². The van der Waals surface area contributed by atoms with Gasteiger partial charge in [0, 0.05) is 25.6 Å². The smallest absolute Gasteiger partial charge is 0.223 e. The molecule has 1 spiro atoms. The van der Waals surface area contributed by atoms with Crippen molar-refractivity contribution in [3.8, 4) is 0 Å². The lowest BCUT2D eigenvalue weighted by molar-refractivity contribution is -0.127. The van der Waals surface area contributed by atoms with Gasteiger partial charge >= 0.3 is 0 Å². The number of fused-ring (bicyclic) bond motifs is 2. The number of aryl methyl sites for hydroxylation is 1. The molecule has 4 atom stereocenters. The molecule has 2 bridgehead atoms. The van der Waals surface area contributed by atoms with Crippen molar-refractivity contribution >= 4 is 5.91 Å². The molecule has 4 nitrogen and oxygen atoms in total. The van der Waals surface area contributed by atoms with Gasteiger partial charge in [0.15, 0.2) is 0 Å². The molecule has 1 unspecified atom stereocenters. The Hall–Kier alpha value is -1.65. The Morgan fingerprint density at radius 1 is 1.10 bits per heavy atom. The van der Waals surface area contributed by atoms with E-state index in [2.05, 4.69) is 52.7 Å². The summed E-state index contributed by atoms with van der Waals surface area (Å²) in [6.07, 6.45) is 13.9. The van der Waals surface area contributed by atoms with E-state index in [9.17, 15) is 4.79 Å². The maximum absolute atomic E-state index is 12.6. The van der Waals surface area contributed by atoms with Gasteiger partial charge in [-0.05, 0) is 75.3 Å². The van der Waals surface area contributed by atoms with Crippen LogP contribution in [-0.2, 0) is 16.0 Å². The third kappa shape index (κ3) is 4.50. The third-order valence-corrected chi connectivity index (χ3v) is 8.01. The van der Waals surface area contributed by atoms with E-state index >= 15 is 0 Å². The number of nitrogens with zero attached hydrogens (tertiary/aromatic N) is 1. The Bertz CT molecular complexity index is 754. The molecule has 4 aliphatic rings. The van der Waals surface area contributed by atoms with Crippen LogP contribution in [0.15, 0.2) is 42.5 Å². The summed E-state index contributed by atoms with van der Waals surface area (Å²) in [5, 5.41) is 3.22. The first-order chi connectivity index (χ1) is 14.7. The van der Waals surface area contributed by atoms with Gasteiger partial charge in [-0.1, -0.05) is 42.5 Å². The van der Waals surface area contributed by atoms with E-state index in [0.717, 1.165) is 45.2 Å². The zero-order chi connectivity index (χ0) is 20.4. The number of ether oxygens (including phenoxy) is 1. The van der Waals surface area contributed by atoms with Gasteiger partial charge in [-0.15, -0.1) is 0 Å². The van der Waals surface area contributed by atoms with E-state index in [0.29, 0.717) is 18.4 Å². The predicted octanol–water partition coefficient (Wildman–Crippen LogP) is 3.96. The lowest BCUT2D eigenvalue weighted by atomic mass is 9.88. The van der Waals surface area contributed by atoms with Gasteiger partial charge in [-0.2, -0.15) is 0 Å². The van der Waals surface area contributed by atoms with E-state index in [1.165, 1.54) is 31.4 Å². The molecule has 1 amide bonds. The molecule has 1 saturated carbocycles. The third-order valence-electron chi connectivity index (χ3n) is 8.01. The minimum Gasteiger partial charge on any atom is -0.370 e. The van der Waals surface area contributed by atoms with Crippen molar-refractivity contribution in [3.05, 3.63) is 48.0 Å². The average Bonchev–Trinajstić information content (AvgIpc) is 3.51. The van der Waals surface area contributed by atoms with Crippen molar-refractivity contribution in [2.24, 2.45) is 17.8 Å². The molecule has 162 valence electrons. The minimum absolute atomic E-state index is 0.0699. The van der Waals surface area contributed by atoms with Crippen LogP contribution >= 0.6 is 0 Å². The Balaban J connectivity index is 1.01. The number of hydrogen-bond donors (Lipinski definition) is 1. The number of nitrogens with one attached hydrogen (secondary N) is 1. The van der Waals surface area contributed by atoms with Crippen LogP contribution in [0.5, 0.6) is 0 Å². The predicted molar refractivity (Wildman–Crippen MR) is 119 cm³/mol. The summed E-state index contributed by atoms with van der Waals surface area (Å²) < 4.78 is 6.53. The molecule has 1 aromatic carbocycles. The van der Waals surface area contributed by atoms with Gasteiger partial charge in [0.25, 0.3) is 0 Å². The molecule has 2 heterocycles. The van der Waals surface area contributed by atoms with Crippen LogP contribution in [0.3, 0.4) is 0 Å². The van der Waals surface area contributed by atoms with Crippen LogP contribution in [0.2, 0.25) is 0 Å². The summed E-state index contributed by atoms with van der Waals surface area (Å²) in [5.74, 6) is 1.59. The zero-order valence-electron chi connectivity index (χ0n) is 18.1. The Labute approximate surface area is 181 Å². The van der Waals surface area contributed by atoms with Crippen LogP contribution in [-0.4, -0.2) is 48.7 Å².